The van der Waals surface area contributed by atoms with Crippen LogP contribution >= 0.6 is 0 Å². The Morgan fingerprint density at radius 3 is 2.31 bits per heavy atom. The van der Waals surface area contributed by atoms with Crippen molar-refractivity contribution >= 4 is 15.7 Å². The summed E-state index contributed by atoms with van der Waals surface area (Å²) < 4.78 is 53.1. The average Bonchev–Trinajstić information content (AvgIpc) is 3.22. The van der Waals surface area contributed by atoms with Crippen molar-refractivity contribution in [1.82, 2.24) is 0 Å². The molecule has 1 aliphatic heterocycles. The third kappa shape index (κ3) is 2.90. The maximum Gasteiger partial charge on any atom is 0.263 e. The molecule has 0 aromatic heterocycles. The highest BCUT2D eigenvalue weighted by molar-refractivity contribution is 7.92. The van der Waals surface area contributed by atoms with Gasteiger partial charge < -0.3 is 0 Å². The van der Waals surface area contributed by atoms with E-state index in [0.717, 1.165) is 36.9 Å². The fourth-order valence-corrected chi connectivity index (χ4v) is 6.03. The second-order valence-electron chi connectivity index (χ2n) is 7.31. The second kappa shape index (κ2) is 6.34. The molecular formula is C20H21F2NO2S. The number of anilines is 1. The lowest BCUT2D eigenvalue weighted by molar-refractivity contribution is 0.151. The van der Waals surface area contributed by atoms with Crippen molar-refractivity contribution in [2.45, 2.75) is 43.3 Å². The molecule has 2 aliphatic rings. The summed E-state index contributed by atoms with van der Waals surface area (Å²) in [5.41, 5.74) is 2.28. The van der Waals surface area contributed by atoms with Gasteiger partial charge in [-0.15, -0.1) is 0 Å². The molecule has 0 radical (unpaired) electrons. The highest BCUT2D eigenvalue weighted by atomic mass is 32.2. The van der Waals surface area contributed by atoms with Crippen LogP contribution < -0.4 is 4.31 Å². The predicted molar refractivity (Wildman–Crippen MR) is 98.0 cm³/mol. The van der Waals surface area contributed by atoms with Gasteiger partial charge >= 0.3 is 0 Å². The highest BCUT2D eigenvalue weighted by Crippen LogP contribution is 2.51. The number of hydrogen-bond donors (Lipinski definition) is 0. The van der Waals surface area contributed by atoms with Crippen molar-refractivity contribution in [1.29, 1.82) is 0 Å². The van der Waals surface area contributed by atoms with Crippen LogP contribution in [-0.2, 0) is 21.2 Å². The van der Waals surface area contributed by atoms with Gasteiger partial charge in [0, 0.05) is 17.5 Å². The third-order valence-electron chi connectivity index (χ3n) is 5.67. The number of fused-ring (bicyclic) bond motifs is 2. The van der Waals surface area contributed by atoms with Gasteiger partial charge in [0.25, 0.3) is 6.43 Å². The first-order valence-corrected chi connectivity index (χ1v) is 10.5. The van der Waals surface area contributed by atoms with Gasteiger partial charge in [-0.3, -0.25) is 4.31 Å². The zero-order valence-electron chi connectivity index (χ0n) is 14.4. The number of hydrogen-bond acceptors (Lipinski definition) is 2. The van der Waals surface area contributed by atoms with Crippen molar-refractivity contribution in [3.63, 3.8) is 0 Å². The summed E-state index contributed by atoms with van der Waals surface area (Å²) in [5.74, 6) is -0.180. The van der Waals surface area contributed by atoms with Gasteiger partial charge in [0.1, 0.15) is 0 Å². The number of halogens is 2. The van der Waals surface area contributed by atoms with Crippen LogP contribution in [0.1, 0.15) is 48.8 Å². The first-order valence-electron chi connectivity index (χ1n) is 8.88. The SMILES string of the molecule is O=S(=O)(Cc1ccc(C(F)F)cc1)N1CC2(CCCC2)c2ccccc21. The molecule has 0 unspecified atom stereocenters. The number of alkyl halides is 2. The maximum atomic E-state index is 13.1. The molecule has 1 spiro atoms. The monoisotopic (exact) mass is 377 g/mol. The number of rotatable bonds is 4. The van der Waals surface area contributed by atoms with E-state index < -0.39 is 16.4 Å². The van der Waals surface area contributed by atoms with Crippen molar-refractivity contribution in [2.75, 3.05) is 10.8 Å². The zero-order valence-corrected chi connectivity index (χ0v) is 15.2. The van der Waals surface area contributed by atoms with E-state index >= 15 is 0 Å². The van der Waals surface area contributed by atoms with E-state index in [2.05, 4.69) is 0 Å². The number of benzene rings is 2. The van der Waals surface area contributed by atoms with Crippen LogP contribution in [0.2, 0.25) is 0 Å². The molecule has 1 heterocycles. The fourth-order valence-electron chi connectivity index (χ4n) is 4.36. The summed E-state index contributed by atoms with van der Waals surface area (Å²) in [4.78, 5) is 0. The first-order chi connectivity index (χ1) is 12.4. The van der Waals surface area contributed by atoms with E-state index in [1.54, 1.807) is 0 Å². The minimum atomic E-state index is -3.58. The van der Waals surface area contributed by atoms with Gasteiger partial charge in [0.05, 0.1) is 11.4 Å². The quantitative estimate of drug-likeness (QED) is 0.768. The number of para-hydroxylation sites is 1. The smallest absolute Gasteiger partial charge is 0.263 e. The van der Waals surface area contributed by atoms with Gasteiger partial charge in [-0.25, -0.2) is 17.2 Å². The topological polar surface area (TPSA) is 37.4 Å². The molecule has 138 valence electrons. The summed E-state index contributed by atoms with van der Waals surface area (Å²) in [7, 11) is -3.58. The molecule has 0 bridgehead atoms. The minimum Gasteiger partial charge on any atom is -0.269 e. The Balaban J connectivity index is 1.64. The molecule has 0 N–H and O–H groups in total. The molecular weight excluding hydrogens is 356 g/mol. The standard InChI is InChI=1S/C20H21F2NO2S/c21-19(22)16-9-7-15(8-10-16)13-26(24,25)23-14-20(11-3-4-12-20)17-5-1-2-6-18(17)23/h1-2,5-10,19H,3-4,11-14H2. The highest BCUT2D eigenvalue weighted by Gasteiger charge is 2.47. The van der Waals surface area contributed by atoms with Gasteiger partial charge in [0.2, 0.25) is 10.0 Å². The molecule has 1 aliphatic carbocycles. The van der Waals surface area contributed by atoms with Crippen LogP contribution in [0.4, 0.5) is 14.5 Å². The molecule has 26 heavy (non-hydrogen) atoms. The van der Waals surface area contributed by atoms with Crippen molar-refractivity contribution in [3.05, 3.63) is 65.2 Å². The van der Waals surface area contributed by atoms with E-state index in [4.69, 9.17) is 0 Å². The Hall–Kier alpha value is -1.95. The Bertz CT molecular complexity index is 904. The Kier molecular flexibility index (Phi) is 4.26. The largest absolute Gasteiger partial charge is 0.269 e. The van der Waals surface area contributed by atoms with E-state index in [1.165, 1.54) is 28.6 Å². The molecule has 1 saturated carbocycles. The summed E-state index contributed by atoms with van der Waals surface area (Å²) in [6.45, 7) is 0.490. The normalized spacial score (nSPS) is 18.7. The molecule has 2 aromatic carbocycles. The van der Waals surface area contributed by atoms with Crippen LogP contribution in [0.25, 0.3) is 0 Å². The fraction of sp³-hybridized carbons (Fsp3) is 0.400. The van der Waals surface area contributed by atoms with Gasteiger partial charge in [0.15, 0.2) is 0 Å². The van der Waals surface area contributed by atoms with E-state index in [0.29, 0.717) is 12.1 Å². The van der Waals surface area contributed by atoms with Crippen molar-refractivity contribution in [3.8, 4) is 0 Å². The maximum absolute atomic E-state index is 13.1. The van der Waals surface area contributed by atoms with E-state index in [1.807, 2.05) is 24.3 Å². The van der Waals surface area contributed by atoms with Crippen molar-refractivity contribution < 1.29 is 17.2 Å². The lowest BCUT2D eigenvalue weighted by Gasteiger charge is -2.25. The van der Waals surface area contributed by atoms with Crippen LogP contribution in [0.3, 0.4) is 0 Å². The van der Waals surface area contributed by atoms with Crippen molar-refractivity contribution in [2.24, 2.45) is 0 Å². The predicted octanol–water partition coefficient (Wildman–Crippen LogP) is 4.79. The number of nitrogens with zero attached hydrogens (tertiary/aromatic N) is 1. The molecule has 1 fully saturated rings. The third-order valence-corrected chi connectivity index (χ3v) is 7.36. The Morgan fingerprint density at radius 2 is 1.65 bits per heavy atom. The summed E-state index contributed by atoms with van der Waals surface area (Å²) in [6.07, 6.45) is 1.72. The molecule has 0 atom stereocenters. The molecule has 0 amide bonds. The summed E-state index contributed by atoms with van der Waals surface area (Å²) in [5, 5.41) is 0. The number of sulfonamides is 1. The van der Waals surface area contributed by atoms with Crippen LogP contribution in [0, 0.1) is 0 Å². The van der Waals surface area contributed by atoms with Gasteiger partial charge in [-0.05, 0) is 30.0 Å². The lowest BCUT2D eigenvalue weighted by atomic mass is 9.81. The summed E-state index contributed by atoms with van der Waals surface area (Å²) >= 11 is 0. The van der Waals surface area contributed by atoms with Crippen LogP contribution in [0.5, 0.6) is 0 Å². The van der Waals surface area contributed by atoms with E-state index in [-0.39, 0.29) is 16.7 Å². The van der Waals surface area contributed by atoms with Crippen LogP contribution in [-0.4, -0.2) is 15.0 Å². The molecule has 4 rings (SSSR count). The molecule has 3 nitrogen and oxygen atoms in total. The molecule has 6 heteroatoms. The molecule has 2 aromatic rings. The van der Waals surface area contributed by atoms with Gasteiger partial charge in [-0.1, -0.05) is 55.3 Å². The van der Waals surface area contributed by atoms with Crippen LogP contribution in [0.15, 0.2) is 48.5 Å². The van der Waals surface area contributed by atoms with Gasteiger partial charge in [-0.2, -0.15) is 0 Å². The van der Waals surface area contributed by atoms with E-state index in [9.17, 15) is 17.2 Å². The summed E-state index contributed by atoms with van der Waals surface area (Å²) in [6, 6.07) is 13.3. The Morgan fingerprint density at radius 1 is 1.00 bits per heavy atom. The first kappa shape index (κ1) is 17.5. The Labute approximate surface area is 152 Å². The average molecular weight is 377 g/mol. The molecule has 0 saturated heterocycles. The second-order valence-corrected chi connectivity index (χ2v) is 9.20. The minimum absolute atomic E-state index is 0.0663. The lowest BCUT2D eigenvalue weighted by Crippen LogP contribution is -2.36. The zero-order chi connectivity index (χ0) is 18.4.